The average molecular weight is 237 g/mol. The molecule has 94 valence electrons. The third-order valence-corrected chi connectivity index (χ3v) is 2.84. The lowest BCUT2D eigenvalue weighted by molar-refractivity contribution is 0.0723. The summed E-state index contributed by atoms with van der Waals surface area (Å²) in [4.78, 5) is 0. The van der Waals surface area contributed by atoms with Crippen molar-refractivity contribution in [3.8, 4) is 11.5 Å². The maximum atomic E-state index is 8.71. The van der Waals surface area contributed by atoms with Gasteiger partial charge in [-0.05, 0) is 19.9 Å². The van der Waals surface area contributed by atoms with Crippen molar-refractivity contribution in [1.29, 1.82) is 0 Å². The molecule has 2 rings (SSSR count). The fourth-order valence-corrected chi connectivity index (χ4v) is 2.14. The predicted molar refractivity (Wildman–Crippen MR) is 65.3 cm³/mol. The summed E-state index contributed by atoms with van der Waals surface area (Å²) in [7, 11) is 0. The van der Waals surface area contributed by atoms with Gasteiger partial charge in [-0.3, -0.25) is 0 Å². The SMILES string of the molecule is CC1(C)CC(N)c2ccc(OCCO)cc2O1. The smallest absolute Gasteiger partial charge is 0.128 e. The lowest BCUT2D eigenvalue weighted by Gasteiger charge is -2.36. The molecule has 1 aliphatic heterocycles. The van der Waals surface area contributed by atoms with E-state index in [1.165, 1.54) is 0 Å². The topological polar surface area (TPSA) is 64.7 Å². The third-order valence-electron chi connectivity index (χ3n) is 2.84. The highest BCUT2D eigenvalue weighted by Gasteiger charge is 2.31. The van der Waals surface area contributed by atoms with Crippen molar-refractivity contribution in [2.24, 2.45) is 5.73 Å². The normalized spacial score (nSPS) is 21.5. The van der Waals surface area contributed by atoms with E-state index in [1.54, 1.807) is 0 Å². The van der Waals surface area contributed by atoms with Crippen molar-refractivity contribution in [1.82, 2.24) is 0 Å². The molecule has 4 nitrogen and oxygen atoms in total. The molecule has 0 fully saturated rings. The minimum Gasteiger partial charge on any atom is -0.491 e. The molecular weight excluding hydrogens is 218 g/mol. The molecule has 0 radical (unpaired) electrons. The average Bonchev–Trinajstić information content (AvgIpc) is 2.24. The summed E-state index contributed by atoms with van der Waals surface area (Å²) >= 11 is 0. The van der Waals surface area contributed by atoms with Gasteiger partial charge >= 0.3 is 0 Å². The summed E-state index contributed by atoms with van der Waals surface area (Å²) in [5, 5.41) is 8.71. The summed E-state index contributed by atoms with van der Waals surface area (Å²) in [5.74, 6) is 1.48. The first kappa shape index (κ1) is 12.2. The molecule has 0 bridgehead atoms. The minimum atomic E-state index is -0.248. The third kappa shape index (κ3) is 2.70. The van der Waals surface area contributed by atoms with Crippen LogP contribution < -0.4 is 15.2 Å². The molecule has 3 N–H and O–H groups in total. The van der Waals surface area contributed by atoms with E-state index in [0.29, 0.717) is 5.75 Å². The standard InChI is InChI=1S/C13H19NO3/c1-13(2)8-11(14)10-4-3-9(16-6-5-15)7-12(10)17-13/h3-4,7,11,15H,5-6,8,14H2,1-2H3. The largest absolute Gasteiger partial charge is 0.491 e. The molecule has 4 heteroatoms. The second-order valence-electron chi connectivity index (χ2n) is 4.94. The molecule has 1 heterocycles. The number of aliphatic hydroxyl groups is 1. The lowest BCUT2D eigenvalue weighted by atomic mass is 9.90. The Labute approximate surface area is 101 Å². The van der Waals surface area contributed by atoms with Crippen molar-refractivity contribution in [2.45, 2.75) is 31.9 Å². The Morgan fingerprint density at radius 3 is 3.00 bits per heavy atom. The predicted octanol–water partition coefficient (Wildman–Crippen LogP) is 1.62. The van der Waals surface area contributed by atoms with E-state index in [1.807, 2.05) is 32.0 Å². The molecule has 1 unspecified atom stereocenters. The quantitative estimate of drug-likeness (QED) is 0.838. The molecule has 1 aliphatic rings. The molecule has 1 atom stereocenters. The van der Waals surface area contributed by atoms with Crippen LogP contribution >= 0.6 is 0 Å². The van der Waals surface area contributed by atoms with Gasteiger partial charge in [0.05, 0.1) is 6.61 Å². The lowest BCUT2D eigenvalue weighted by Crippen LogP contribution is -2.37. The van der Waals surface area contributed by atoms with Crippen molar-refractivity contribution < 1.29 is 14.6 Å². The van der Waals surface area contributed by atoms with Crippen LogP contribution in [0.4, 0.5) is 0 Å². The summed E-state index contributed by atoms with van der Waals surface area (Å²) in [6, 6.07) is 5.63. The second-order valence-corrected chi connectivity index (χ2v) is 4.94. The first-order chi connectivity index (χ1) is 8.02. The van der Waals surface area contributed by atoms with Gasteiger partial charge in [0.2, 0.25) is 0 Å². The molecule has 1 aromatic carbocycles. The number of hydrogen-bond donors (Lipinski definition) is 2. The number of fused-ring (bicyclic) bond motifs is 1. The fourth-order valence-electron chi connectivity index (χ4n) is 2.14. The van der Waals surface area contributed by atoms with E-state index in [-0.39, 0.29) is 24.9 Å². The van der Waals surface area contributed by atoms with E-state index in [0.717, 1.165) is 17.7 Å². The molecule has 0 saturated heterocycles. The van der Waals surface area contributed by atoms with Crippen LogP contribution in [-0.4, -0.2) is 23.9 Å². The van der Waals surface area contributed by atoms with E-state index in [4.69, 9.17) is 20.3 Å². The number of hydrogen-bond acceptors (Lipinski definition) is 4. The first-order valence-corrected chi connectivity index (χ1v) is 5.84. The number of aliphatic hydroxyl groups excluding tert-OH is 1. The number of nitrogens with two attached hydrogens (primary N) is 1. The summed E-state index contributed by atoms with van der Waals surface area (Å²) < 4.78 is 11.2. The van der Waals surface area contributed by atoms with Crippen molar-refractivity contribution in [3.05, 3.63) is 23.8 Å². The van der Waals surface area contributed by atoms with Crippen LogP contribution in [0.15, 0.2) is 18.2 Å². The van der Waals surface area contributed by atoms with Gasteiger partial charge in [0.1, 0.15) is 23.7 Å². The van der Waals surface area contributed by atoms with Crippen LogP contribution in [0.1, 0.15) is 31.9 Å². The molecule has 0 amide bonds. The Balaban J connectivity index is 2.25. The zero-order chi connectivity index (χ0) is 12.5. The van der Waals surface area contributed by atoms with Crippen LogP contribution in [0, 0.1) is 0 Å². The molecular formula is C13H19NO3. The Morgan fingerprint density at radius 1 is 1.53 bits per heavy atom. The van der Waals surface area contributed by atoms with Crippen molar-refractivity contribution in [3.63, 3.8) is 0 Å². The highest BCUT2D eigenvalue weighted by atomic mass is 16.5. The molecule has 17 heavy (non-hydrogen) atoms. The number of rotatable bonds is 3. The summed E-state index contributed by atoms with van der Waals surface area (Å²) in [5.41, 5.74) is 6.88. The van der Waals surface area contributed by atoms with E-state index in [2.05, 4.69) is 0 Å². The highest BCUT2D eigenvalue weighted by molar-refractivity contribution is 5.44. The van der Waals surface area contributed by atoms with Gasteiger partial charge in [-0.15, -0.1) is 0 Å². The van der Waals surface area contributed by atoms with Crippen molar-refractivity contribution in [2.75, 3.05) is 13.2 Å². The van der Waals surface area contributed by atoms with Gasteiger partial charge < -0.3 is 20.3 Å². The fraction of sp³-hybridized carbons (Fsp3) is 0.538. The molecule has 0 spiro atoms. The minimum absolute atomic E-state index is 0.000594. The van der Waals surface area contributed by atoms with Crippen LogP contribution in [0.2, 0.25) is 0 Å². The molecule has 0 saturated carbocycles. The van der Waals surface area contributed by atoms with Crippen LogP contribution in [-0.2, 0) is 0 Å². The number of ether oxygens (including phenoxy) is 2. The van der Waals surface area contributed by atoms with Crippen LogP contribution in [0.25, 0.3) is 0 Å². The maximum absolute atomic E-state index is 8.71. The Bertz CT molecular complexity index is 404. The second kappa shape index (κ2) is 4.55. The maximum Gasteiger partial charge on any atom is 0.128 e. The number of benzene rings is 1. The van der Waals surface area contributed by atoms with E-state index < -0.39 is 0 Å². The molecule has 0 aliphatic carbocycles. The first-order valence-electron chi connectivity index (χ1n) is 5.84. The van der Waals surface area contributed by atoms with E-state index >= 15 is 0 Å². The Hall–Kier alpha value is -1.26. The highest BCUT2D eigenvalue weighted by Crippen LogP contribution is 2.39. The van der Waals surface area contributed by atoms with Crippen LogP contribution in [0.5, 0.6) is 11.5 Å². The Morgan fingerprint density at radius 2 is 2.29 bits per heavy atom. The summed E-state index contributed by atoms with van der Waals surface area (Å²) in [6.45, 7) is 4.34. The molecule has 1 aromatic rings. The molecule has 0 aromatic heterocycles. The van der Waals surface area contributed by atoms with Crippen molar-refractivity contribution >= 4 is 0 Å². The van der Waals surface area contributed by atoms with E-state index in [9.17, 15) is 0 Å². The zero-order valence-electron chi connectivity index (χ0n) is 10.3. The van der Waals surface area contributed by atoms with Crippen LogP contribution in [0.3, 0.4) is 0 Å². The Kier molecular flexibility index (Phi) is 3.26. The monoisotopic (exact) mass is 237 g/mol. The van der Waals surface area contributed by atoms with Gasteiger partial charge in [0.15, 0.2) is 0 Å². The van der Waals surface area contributed by atoms with Gasteiger partial charge in [-0.25, -0.2) is 0 Å². The van der Waals surface area contributed by atoms with Gasteiger partial charge in [-0.2, -0.15) is 0 Å². The van der Waals surface area contributed by atoms with Gasteiger partial charge in [0.25, 0.3) is 0 Å². The summed E-state index contributed by atoms with van der Waals surface area (Å²) in [6.07, 6.45) is 0.802. The van der Waals surface area contributed by atoms with Gasteiger partial charge in [-0.1, -0.05) is 6.07 Å². The zero-order valence-corrected chi connectivity index (χ0v) is 10.3. The van der Waals surface area contributed by atoms with Gasteiger partial charge in [0, 0.05) is 24.1 Å².